The van der Waals surface area contributed by atoms with Gasteiger partial charge in [0, 0.05) is 26.2 Å². The first-order chi connectivity index (χ1) is 12.0. The monoisotopic (exact) mass is 355 g/mol. The minimum atomic E-state index is -2.87. The number of benzene rings is 1. The Labute approximate surface area is 145 Å². The third-order valence-corrected chi connectivity index (χ3v) is 4.09. The van der Waals surface area contributed by atoms with Crippen molar-refractivity contribution >= 4 is 11.8 Å². The molecule has 2 rings (SSSR count). The average molecular weight is 355 g/mol. The van der Waals surface area contributed by atoms with Gasteiger partial charge in [-0.25, -0.2) is 0 Å². The van der Waals surface area contributed by atoms with Gasteiger partial charge >= 0.3 is 6.61 Å². The number of nitrogens with zero attached hydrogens (tertiary/aromatic N) is 1. The van der Waals surface area contributed by atoms with E-state index in [2.05, 4.69) is 10.1 Å². The second-order valence-corrected chi connectivity index (χ2v) is 5.96. The fraction of sp³-hybridized carbons (Fsp3) is 0.529. The van der Waals surface area contributed by atoms with Crippen molar-refractivity contribution in [1.82, 2.24) is 10.2 Å². The Balaban J connectivity index is 1.88. The molecule has 0 aliphatic carbocycles. The fourth-order valence-corrected chi connectivity index (χ4v) is 2.83. The molecule has 0 saturated carbocycles. The van der Waals surface area contributed by atoms with Crippen molar-refractivity contribution in [1.29, 1.82) is 0 Å². The van der Waals surface area contributed by atoms with E-state index in [0.717, 1.165) is 12.8 Å². The molecule has 6 nitrogen and oxygen atoms in total. The van der Waals surface area contributed by atoms with Crippen molar-refractivity contribution in [3.63, 3.8) is 0 Å². The lowest BCUT2D eigenvalue weighted by Gasteiger charge is -2.32. The highest BCUT2D eigenvalue weighted by atomic mass is 19.3. The third kappa shape index (κ3) is 5.97. The van der Waals surface area contributed by atoms with Gasteiger partial charge in [0.1, 0.15) is 5.75 Å². The highest BCUT2D eigenvalue weighted by molar-refractivity contribution is 5.82. The van der Waals surface area contributed by atoms with Gasteiger partial charge in [-0.05, 0) is 30.5 Å². The lowest BCUT2D eigenvalue weighted by Crippen LogP contribution is -2.46. The number of likely N-dealkylation sites (tertiary alicyclic amines) is 1. The minimum absolute atomic E-state index is 0.0563. The topological polar surface area (TPSA) is 84.7 Å². The van der Waals surface area contributed by atoms with Crippen LogP contribution in [0.15, 0.2) is 24.3 Å². The summed E-state index contributed by atoms with van der Waals surface area (Å²) in [5.74, 6) is -0.317. The molecule has 8 heteroatoms. The summed E-state index contributed by atoms with van der Waals surface area (Å²) in [5.41, 5.74) is 6.08. The van der Waals surface area contributed by atoms with Crippen molar-refractivity contribution in [2.45, 2.75) is 25.9 Å². The predicted molar refractivity (Wildman–Crippen MR) is 88.1 cm³/mol. The van der Waals surface area contributed by atoms with Crippen molar-refractivity contribution in [3.8, 4) is 5.75 Å². The van der Waals surface area contributed by atoms with Crippen molar-refractivity contribution in [2.24, 2.45) is 11.7 Å². The van der Waals surface area contributed by atoms with Gasteiger partial charge in [0.25, 0.3) is 0 Å². The van der Waals surface area contributed by atoms with Crippen molar-refractivity contribution in [2.75, 3.05) is 26.2 Å². The molecular formula is C17H23F2N3O3. The lowest BCUT2D eigenvalue weighted by molar-refractivity contribution is -0.135. The smallest absolute Gasteiger partial charge is 0.387 e. The molecule has 1 fully saturated rings. The van der Waals surface area contributed by atoms with Crippen LogP contribution in [0.3, 0.4) is 0 Å². The quantitative estimate of drug-likeness (QED) is 0.768. The van der Waals surface area contributed by atoms with Crippen LogP contribution < -0.4 is 15.8 Å². The Morgan fingerprint density at radius 2 is 2.04 bits per heavy atom. The van der Waals surface area contributed by atoms with Gasteiger partial charge in [0.05, 0.1) is 12.3 Å². The normalized spacial score (nSPS) is 17.4. The molecule has 138 valence electrons. The molecule has 1 aromatic carbocycles. The number of hydrogen-bond donors (Lipinski definition) is 2. The first-order valence-electron chi connectivity index (χ1n) is 8.29. The molecule has 1 aliphatic heterocycles. The number of rotatable bonds is 7. The number of alkyl halides is 2. The van der Waals surface area contributed by atoms with Gasteiger partial charge in [0.2, 0.25) is 11.8 Å². The number of piperidine rings is 1. The summed E-state index contributed by atoms with van der Waals surface area (Å²) in [6.07, 6.45) is 1.68. The van der Waals surface area contributed by atoms with Crippen LogP contribution in [0.4, 0.5) is 8.78 Å². The van der Waals surface area contributed by atoms with E-state index in [-0.39, 0.29) is 29.9 Å². The Bertz CT molecular complexity index is 581. The molecule has 1 heterocycles. The molecular weight excluding hydrogens is 332 g/mol. The van der Waals surface area contributed by atoms with Crippen molar-refractivity contribution in [3.05, 3.63) is 29.8 Å². The van der Waals surface area contributed by atoms with Crippen LogP contribution in [-0.2, 0) is 16.0 Å². The van der Waals surface area contributed by atoms with Crippen LogP contribution in [-0.4, -0.2) is 49.5 Å². The molecule has 1 aliphatic rings. The van der Waals surface area contributed by atoms with Crippen LogP contribution in [0, 0.1) is 5.92 Å². The minimum Gasteiger partial charge on any atom is -0.435 e. The largest absolute Gasteiger partial charge is 0.435 e. The Morgan fingerprint density at radius 1 is 1.32 bits per heavy atom. The predicted octanol–water partition coefficient (Wildman–Crippen LogP) is 1.14. The highest BCUT2D eigenvalue weighted by Gasteiger charge is 2.28. The standard InChI is InChI=1S/C17H23F2N3O3/c18-17(19)25-14-5-3-12(4-6-14)10-15(23)22-9-1-2-13(11-22)16(24)21-8-7-20/h3-6,13,17H,1-2,7-11,20H2,(H,21,24). The lowest BCUT2D eigenvalue weighted by atomic mass is 9.96. The molecule has 2 amide bonds. The number of hydrogen-bond acceptors (Lipinski definition) is 4. The number of nitrogens with two attached hydrogens (primary N) is 1. The number of ether oxygens (including phenoxy) is 1. The fourth-order valence-electron chi connectivity index (χ4n) is 2.83. The Kier molecular flexibility index (Phi) is 7.12. The summed E-state index contributed by atoms with van der Waals surface area (Å²) in [6.45, 7) is -1.06. The summed E-state index contributed by atoms with van der Waals surface area (Å²) >= 11 is 0. The zero-order chi connectivity index (χ0) is 18.2. The maximum atomic E-state index is 12.4. The molecule has 0 bridgehead atoms. The van der Waals surface area contributed by atoms with Gasteiger partial charge in [-0.15, -0.1) is 0 Å². The average Bonchev–Trinajstić information content (AvgIpc) is 2.61. The van der Waals surface area contributed by atoms with Gasteiger partial charge in [-0.2, -0.15) is 8.78 Å². The summed E-state index contributed by atoms with van der Waals surface area (Å²) in [6, 6.07) is 6.00. The van der Waals surface area contributed by atoms with Gasteiger partial charge < -0.3 is 20.7 Å². The number of halogens is 2. The van der Waals surface area contributed by atoms with E-state index < -0.39 is 6.61 Å². The zero-order valence-corrected chi connectivity index (χ0v) is 13.9. The van der Waals surface area contributed by atoms with E-state index in [1.807, 2.05) is 0 Å². The Morgan fingerprint density at radius 3 is 2.68 bits per heavy atom. The first-order valence-corrected chi connectivity index (χ1v) is 8.29. The van der Waals surface area contributed by atoms with Crippen molar-refractivity contribution < 1.29 is 23.1 Å². The molecule has 0 radical (unpaired) electrons. The van der Waals surface area contributed by atoms with Crippen LogP contribution in [0.25, 0.3) is 0 Å². The van der Waals surface area contributed by atoms with E-state index in [4.69, 9.17) is 5.73 Å². The molecule has 0 aromatic heterocycles. The van der Waals surface area contributed by atoms with Crippen LogP contribution in [0.2, 0.25) is 0 Å². The summed E-state index contributed by atoms with van der Waals surface area (Å²) in [7, 11) is 0. The molecule has 1 saturated heterocycles. The number of carbonyl (C=O) groups is 2. The highest BCUT2D eigenvalue weighted by Crippen LogP contribution is 2.19. The van der Waals surface area contributed by atoms with E-state index in [1.54, 1.807) is 17.0 Å². The Hall–Kier alpha value is -2.22. The van der Waals surface area contributed by atoms with Crippen LogP contribution in [0.5, 0.6) is 5.75 Å². The van der Waals surface area contributed by atoms with Gasteiger partial charge in [0.15, 0.2) is 0 Å². The first kappa shape index (κ1) is 19.1. The summed E-state index contributed by atoms with van der Waals surface area (Å²) in [4.78, 5) is 26.1. The number of carbonyl (C=O) groups excluding carboxylic acids is 2. The van der Waals surface area contributed by atoms with E-state index in [9.17, 15) is 18.4 Å². The second-order valence-electron chi connectivity index (χ2n) is 5.96. The molecule has 0 spiro atoms. The van der Waals surface area contributed by atoms with E-state index in [1.165, 1.54) is 12.1 Å². The molecule has 25 heavy (non-hydrogen) atoms. The molecule has 3 N–H and O–H groups in total. The van der Waals surface area contributed by atoms with Crippen LogP contribution in [0.1, 0.15) is 18.4 Å². The maximum absolute atomic E-state index is 12.4. The number of amides is 2. The molecule has 1 unspecified atom stereocenters. The third-order valence-electron chi connectivity index (χ3n) is 4.09. The summed E-state index contributed by atoms with van der Waals surface area (Å²) in [5, 5.41) is 2.76. The van der Waals surface area contributed by atoms with Crippen LogP contribution >= 0.6 is 0 Å². The zero-order valence-electron chi connectivity index (χ0n) is 13.9. The maximum Gasteiger partial charge on any atom is 0.387 e. The van der Waals surface area contributed by atoms with E-state index >= 15 is 0 Å². The molecule has 1 aromatic rings. The van der Waals surface area contributed by atoms with Gasteiger partial charge in [-0.1, -0.05) is 12.1 Å². The SMILES string of the molecule is NCCNC(=O)C1CCCN(C(=O)Cc2ccc(OC(F)F)cc2)C1. The second kappa shape index (κ2) is 9.31. The van der Waals surface area contributed by atoms with Gasteiger partial charge in [-0.3, -0.25) is 9.59 Å². The number of nitrogens with one attached hydrogen (secondary N) is 1. The molecule has 1 atom stereocenters. The summed E-state index contributed by atoms with van der Waals surface area (Å²) < 4.78 is 28.5. The van der Waals surface area contributed by atoms with E-state index in [0.29, 0.717) is 31.7 Å².